The highest BCUT2D eigenvalue weighted by molar-refractivity contribution is 5.01. The molecule has 1 radical (unpaired) electrons. The third-order valence-electron chi connectivity index (χ3n) is 1.83. The van der Waals surface area contributed by atoms with Crippen molar-refractivity contribution in [2.24, 2.45) is 5.92 Å². The second-order valence-electron chi connectivity index (χ2n) is 2.54. The molecule has 0 aliphatic heterocycles. The van der Waals surface area contributed by atoms with Crippen LogP contribution in [0.4, 0.5) is 0 Å². The lowest BCUT2D eigenvalue weighted by Crippen LogP contribution is -2.02. The Balaban J connectivity index is 3.48. The zero-order valence-corrected chi connectivity index (χ0v) is 6.57. The maximum Gasteiger partial charge on any atom is 0.0148 e. The molecule has 0 nitrogen and oxygen atoms in total. The molecule has 0 rings (SSSR count). The van der Waals surface area contributed by atoms with Crippen LogP contribution in [0.2, 0.25) is 0 Å². The van der Waals surface area contributed by atoms with Crippen LogP contribution in [0.3, 0.4) is 0 Å². The topological polar surface area (TPSA) is 0 Å². The van der Waals surface area contributed by atoms with Gasteiger partial charge in [-0.2, -0.15) is 0 Å². The van der Waals surface area contributed by atoms with E-state index >= 15 is 0 Å². The van der Waals surface area contributed by atoms with Gasteiger partial charge < -0.3 is 0 Å². The highest BCUT2D eigenvalue weighted by atomic mass is 14.1. The Morgan fingerprint density at radius 1 is 1.67 bits per heavy atom. The van der Waals surface area contributed by atoms with Crippen molar-refractivity contribution in [1.29, 1.82) is 0 Å². The second kappa shape index (κ2) is 4.44. The van der Waals surface area contributed by atoms with E-state index in [4.69, 9.17) is 6.42 Å². The van der Waals surface area contributed by atoms with Gasteiger partial charge in [0, 0.05) is 6.42 Å². The van der Waals surface area contributed by atoms with Gasteiger partial charge in [-0.25, -0.2) is 0 Å². The van der Waals surface area contributed by atoms with Crippen LogP contribution in [0.1, 0.15) is 33.6 Å². The fourth-order valence-corrected chi connectivity index (χ4v) is 0.684. The molecule has 0 saturated heterocycles. The van der Waals surface area contributed by atoms with Crippen LogP contribution in [-0.2, 0) is 0 Å². The molecule has 0 fully saturated rings. The zero-order valence-electron chi connectivity index (χ0n) is 6.57. The van der Waals surface area contributed by atoms with Gasteiger partial charge in [0.2, 0.25) is 0 Å². The highest BCUT2D eigenvalue weighted by Gasteiger charge is 2.07. The van der Waals surface area contributed by atoms with Crippen LogP contribution in [0.5, 0.6) is 0 Å². The van der Waals surface area contributed by atoms with Crippen molar-refractivity contribution in [2.75, 3.05) is 0 Å². The second-order valence-corrected chi connectivity index (χ2v) is 2.54. The van der Waals surface area contributed by atoms with Crippen molar-refractivity contribution in [2.45, 2.75) is 33.6 Å². The predicted molar refractivity (Wildman–Crippen MR) is 41.8 cm³/mol. The first-order chi connectivity index (χ1) is 4.22. The van der Waals surface area contributed by atoms with E-state index < -0.39 is 0 Å². The first-order valence-corrected chi connectivity index (χ1v) is 3.48. The van der Waals surface area contributed by atoms with Crippen LogP contribution in [0.25, 0.3) is 0 Å². The zero-order chi connectivity index (χ0) is 7.28. The summed E-state index contributed by atoms with van der Waals surface area (Å²) in [5.41, 5.74) is 0. The number of hydrogen-bond acceptors (Lipinski definition) is 0. The van der Waals surface area contributed by atoms with E-state index in [0.29, 0.717) is 5.92 Å². The summed E-state index contributed by atoms with van der Waals surface area (Å²) in [6.45, 7) is 6.53. The summed E-state index contributed by atoms with van der Waals surface area (Å²) in [4.78, 5) is 0. The molecular formula is C9H15. The smallest absolute Gasteiger partial charge is 0.0148 e. The van der Waals surface area contributed by atoms with Crippen molar-refractivity contribution in [3.63, 3.8) is 0 Å². The number of rotatable bonds is 3. The van der Waals surface area contributed by atoms with Gasteiger partial charge in [0.05, 0.1) is 0 Å². The SMILES string of the molecule is C#CC[C](C)C(C)CC. The van der Waals surface area contributed by atoms with Gasteiger partial charge in [-0.05, 0) is 11.8 Å². The first-order valence-electron chi connectivity index (χ1n) is 3.48. The maximum atomic E-state index is 5.15. The van der Waals surface area contributed by atoms with Crippen molar-refractivity contribution < 1.29 is 0 Å². The molecule has 51 valence electrons. The average Bonchev–Trinajstić information content (AvgIpc) is 1.87. The van der Waals surface area contributed by atoms with E-state index in [-0.39, 0.29) is 0 Å². The van der Waals surface area contributed by atoms with Crippen LogP contribution in [0.15, 0.2) is 0 Å². The molecule has 0 aliphatic rings. The standard InChI is InChI=1S/C9H15/c1-5-7-9(4)8(3)6-2/h1,8H,6-7H2,2-4H3. The van der Waals surface area contributed by atoms with Crippen LogP contribution >= 0.6 is 0 Å². The minimum atomic E-state index is 0.695. The summed E-state index contributed by atoms with van der Waals surface area (Å²) in [5.74, 6) is 4.77. The minimum Gasteiger partial charge on any atom is -0.120 e. The molecule has 0 aliphatic carbocycles. The molecule has 0 saturated carbocycles. The monoisotopic (exact) mass is 123 g/mol. The van der Waals surface area contributed by atoms with Gasteiger partial charge >= 0.3 is 0 Å². The van der Waals surface area contributed by atoms with Gasteiger partial charge in [0.15, 0.2) is 0 Å². The Bertz CT molecular complexity index is 97.1. The van der Waals surface area contributed by atoms with Crippen molar-refractivity contribution in [3.05, 3.63) is 5.92 Å². The van der Waals surface area contributed by atoms with E-state index in [2.05, 4.69) is 26.7 Å². The third kappa shape index (κ3) is 3.19. The van der Waals surface area contributed by atoms with Gasteiger partial charge in [0.1, 0.15) is 0 Å². The Labute approximate surface area is 58.7 Å². The summed E-state index contributed by atoms with van der Waals surface area (Å²) >= 11 is 0. The van der Waals surface area contributed by atoms with Crippen molar-refractivity contribution in [1.82, 2.24) is 0 Å². The Morgan fingerprint density at radius 3 is 2.56 bits per heavy atom. The number of terminal acetylenes is 1. The van der Waals surface area contributed by atoms with Gasteiger partial charge in [-0.1, -0.05) is 27.2 Å². The summed E-state index contributed by atoms with van der Waals surface area (Å²) in [7, 11) is 0. The van der Waals surface area contributed by atoms with E-state index in [1.54, 1.807) is 0 Å². The lowest BCUT2D eigenvalue weighted by molar-refractivity contribution is 0.567. The van der Waals surface area contributed by atoms with Gasteiger partial charge in [0.25, 0.3) is 0 Å². The maximum absolute atomic E-state index is 5.15. The van der Waals surface area contributed by atoms with Crippen LogP contribution < -0.4 is 0 Å². The van der Waals surface area contributed by atoms with Gasteiger partial charge in [-0.15, -0.1) is 12.3 Å². The molecule has 0 aromatic carbocycles. The number of hydrogen-bond donors (Lipinski definition) is 0. The Morgan fingerprint density at radius 2 is 2.22 bits per heavy atom. The van der Waals surface area contributed by atoms with E-state index in [0.717, 1.165) is 6.42 Å². The highest BCUT2D eigenvalue weighted by Crippen LogP contribution is 2.18. The quantitative estimate of drug-likeness (QED) is 0.506. The molecule has 0 spiro atoms. The molecule has 9 heavy (non-hydrogen) atoms. The molecule has 0 bridgehead atoms. The molecule has 0 aromatic rings. The van der Waals surface area contributed by atoms with Crippen molar-refractivity contribution >= 4 is 0 Å². The molecule has 1 unspecified atom stereocenters. The normalized spacial score (nSPS) is 13.2. The fraction of sp³-hybridized carbons (Fsp3) is 0.667. The molecular weight excluding hydrogens is 108 g/mol. The lowest BCUT2D eigenvalue weighted by atomic mass is 9.91. The largest absolute Gasteiger partial charge is 0.120 e. The summed E-state index contributed by atoms with van der Waals surface area (Å²) in [6, 6.07) is 0. The van der Waals surface area contributed by atoms with Gasteiger partial charge in [-0.3, -0.25) is 0 Å². The van der Waals surface area contributed by atoms with Crippen LogP contribution in [-0.4, -0.2) is 0 Å². The molecule has 0 heteroatoms. The van der Waals surface area contributed by atoms with Crippen molar-refractivity contribution in [3.8, 4) is 12.3 Å². The molecule has 0 aromatic heterocycles. The molecule has 1 atom stereocenters. The molecule has 0 heterocycles. The Kier molecular flexibility index (Phi) is 4.22. The lowest BCUT2D eigenvalue weighted by Gasteiger charge is -2.13. The van der Waals surface area contributed by atoms with E-state index in [1.165, 1.54) is 12.3 Å². The summed E-state index contributed by atoms with van der Waals surface area (Å²) < 4.78 is 0. The fourth-order valence-electron chi connectivity index (χ4n) is 0.684. The minimum absolute atomic E-state index is 0.695. The first kappa shape index (κ1) is 8.56. The predicted octanol–water partition coefficient (Wildman–Crippen LogP) is 2.65. The Hall–Kier alpha value is -0.440. The van der Waals surface area contributed by atoms with E-state index in [9.17, 15) is 0 Å². The van der Waals surface area contributed by atoms with E-state index in [1.807, 2.05) is 0 Å². The molecule has 0 amide bonds. The molecule has 0 N–H and O–H groups in total. The third-order valence-corrected chi connectivity index (χ3v) is 1.83. The average molecular weight is 123 g/mol. The summed E-state index contributed by atoms with van der Waals surface area (Å²) in [5, 5.41) is 0. The summed E-state index contributed by atoms with van der Waals surface area (Å²) in [6.07, 6.45) is 7.20. The van der Waals surface area contributed by atoms with Crippen LogP contribution in [0, 0.1) is 24.2 Å².